The second-order valence-electron chi connectivity index (χ2n) is 31.9. The number of sulfone groups is 1. The van der Waals surface area contributed by atoms with Gasteiger partial charge in [0.15, 0.2) is 0 Å². The summed E-state index contributed by atoms with van der Waals surface area (Å²) in [6.07, 6.45) is 40.6. The van der Waals surface area contributed by atoms with E-state index in [2.05, 4.69) is 213 Å². The Bertz CT molecular complexity index is 1360. The van der Waals surface area contributed by atoms with E-state index < -0.39 is 15.5 Å². The van der Waals surface area contributed by atoms with E-state index in [1.807, 2.05) is 31.7 Å². The Kier molecular flexibility index (Phi) is 87.2. The minimum atomic E-state index is -2.72. The molecule has 3 nitrogen and oxygen atoms in total. The standard InChI is InChI=1S/C8H15F.C8H16.C8H18.C7H14.C7H16.C6H14O2S.C6H14O.C6H14S.2C6H14.C6H12.C6H10/c1-7(2)6-8(9)4-3-5-8;1-7(2)6-8-4-3-5-8;1-7(2)6-8(3,4)5;1-6(2)7-4-3-5-7;1-4-5-6-7(2)3;1-6(2)4-5-9(3,7)8;2*1-6(2)4-5-7-3;4*1-4-5-6(2)3/h7H,3-6H2,1-2H3;7-8H,3-6H2,1-2H3;7H,6H2,1-5H3;6-7H,3-5H2,1-2H3;7H,4-6H2,1-3H3;6H,4-5H2,1-3H3;2*6H,4-5H2,1-3H3;2*6H,4-5H2,1-3H3;4,6H,1,5H2,2-3H3;1,6H,5H2,2-3H3. The highest BCUT2D eigenvalue weighted by molar-refractivity contribution is 7.98. The zero-order chi connectivity index (χ0) is 69.5. The predicted octanol–water partition coefficient (Wildman–Crippen LogP) is 28.0. The van der Waals surface area contributed by atoms with Crippen molar-refractivity contribution >= 4 is 21.6 Å². The van der Waals surface area contributed by atoms with E-state index in [0.29, 0.717) is 28.9 Å². The van der Waals surface area contributed by atoms with Crippen LogP contribution in [-0.2, 0) is 14.6 Å². The van der Waals surface area contributed by atoms with E-state index in [9.17, 15) is 12.8 Å². The van der Waals surface area contributed by atoms with Crippen molar-refractivity contribution < 1.29 is 17.5 Å². The third-order valence-electron chi connectivity index (χ3n) is 14.1. The maximum atomic E-state index is 13.2. The largest absolute Gasteiger partial charge is 0.385 e. The van der Waals surface area contributed by atoms with Crippen molar-refractivity contribution in [2.75, 3.05) is 37.7 Å². The molecule has 0 radical (unpaired) electrons. The summed E-state index contributed by atoms with van der Waals surface area (Å²) in [5, 5.41) is 0. The molecular formula is C80H171FO3S2. The quantitative estimate of drug-likeness (QED) is 0.0675. The Morgan fingerprint density at radius 2 is 1.02 bits per heavy atom. The van der Waals surface area contributed by atoms with Crippen molar-refractivity contribution in [3.8, 4) is 12.3 Å². The molecule has 0 saturated heterocycles. The Balaban J connectivity index is -0.000000108. The first kappa shape index (κ1) is 104. The zero-order valence-corrected chi connectivity index (χ0v) is 67.6. The summed E-state index contributed by atoms with van der Waals surface area (Å²) in [5.41, 5.74) is -0.234. The summed E-state index contributed by atoms with van der Waals surface area (Å²) in [7, 11) is -0.981. The van der Waals surface area contributed by atoms with Crippen LogP contribution in [0.4, 0.5) is 4.39 Å². The molecule has 0 N–H and O–H groups in total. The van der Waals surface area contributed by atoms with Crippen LogP contribution in [0.5, 0.6) is 0 Å². The van der Waals surface area contributed by atoms with E-state index in [4.69, 9.17) is 11.2 Å². The average molecular weight is 1260 g/mol. The molecule has 3 fully saturated rings. The fourth-order valence-corrected chi connectivity index (χ4v) is 10.3. The van der Waals surface area contributed by atoms with Gasteiger partial charge in [-0.3, -0.25) is 0 Å². The van der Waals surface area contributed by atoms with E-state index in [0.717, 1.165) is 117 Å². The van der Waals surface area contributed by atoms with Crippen molar-refractivity contribution in [2.24, 2.45) is 88.3 Å². The monoisotopic (exact) mass is 1260 g/mol. The van der Waals surface area contributed by atoms with Gasteiger partial charge in [-0.15, -0.1) is 18.9 Å². The van der Waals surface area contributed by atoms with Crippen LogP contribution in [0.25, 0.3) is 0 Å². The summed E-state index contributed by atoms with van der Waals surface area (Å²) in [5.74, 6) is 15.9. The summed E-state index contributed by atoms with van der Waals surface area (Å²) >= 11 is 1.93. The molecule has 0 atom stereocenters. The van der Waals surface area contributed by atoms with Gasteiger partial charge in [0.25, 0.3) is 0 Å². The molecule has 6 heteroatoms. The Morgan fingerprint density at radius 3 is 1.09 bits per heavy atom. The summed E-state index contributed by atoms with van der Waals surface area (Å²) in [4.78, 5) is 0. The lowest BCUT2D eigenvalue weighted by Crippen LogP contribution is -2.32. The highest BCUT2D eigenvalue weighted by Gasteiger charge is 2.37. The smallest absolute Gasteiger partial charge is 0.147 e. The van der Waals surface area contributed by atoms with Crippen LogP contribution in [0.1, 0.15) is 362 Å². The molecule has 0 aromatic heterocycles. The number of rotatable bonds is 25. The van der Waals surface area contributed by atoms with Crippen LogP contribution >= 0.6 is 11.8 Å². The second kappa shape index (κ2) is 71.9. The van der Waals surface area contributed by atoms with Crippen molar-refractivity contribution in [3.05, 3.63) is 12.7 Å². The molecule has 3 aliphatic rings. The summed E-state index contributed by atoms with van der Waals surface area (Å²) in [6, 6.07) is 0. The van der Waals surface area contributed by atoms with Crippen LogP contribution in [0, 0.1) is 101 Å². The zero-order valence-electron chi connectivity index (χ0n) is 66.0. The van der Waals surface area contributed by atoms with E-state index in [-0.39, 0.29) is 0 Å². The number of ether oxygens (including phenoxy) is 1. The normalized spacial score (nSPS) is 14.0. The molecular weight excluding hydrogens is 1090 g/mol. The number of unbranched alkanes of at least 4 members (excludes halogenated alkanes) is 1. The Hall–Kier alpha value is -0.510. The molecule has 3 aliphatic carbocycles. The molecule has 3 rings (SSSR count). The van der Waals surface area contributed by atoms with Gasteiger partial charge in [-0.25, -0.2) is 12.8 Å². The third kappa shape index (κ3) is 125. The van der Waals surface area contributed by atoms with E-state index >= 15 is 0 Å². The predicted molar refractivity (Wildman–Crippen MR) is 405 cm³/mol. The number of hydrogen-bond donors (Lipinski definition) is 0. The fourth-order valence-electron chi connectivity index (χ4n) is 8.72. The number of hydrogen-bond acceptors (Lipinski definition) is 4. The highest BCUT2D eigenvalue weighted by atomic mass is 32.2. The van der Waals surface area contributed by atoms with Crippen LogP contribution in [-0.4, -0.2) is 51.8 Å². The Labute approximate surface area is 554 Å². The van der Waals surface area contributed by atoms with Crippen molar-refractivity contribution in [3.63, 3.8) is 0 Å². The number of terminal acetylenes is 1. The van der Waals surface area contributed by atoms with Crippen LogP contribution < -0.4 is 0 Å². The lowest BCUT2D eigenvalue weighted by Gasteiger charge is -2.35. The molecule has 3 saturated carbocycles. The van der Waals surface area contributed by atoms with Crippen molar-refractivity contribution in [1.82, 2.24) is 0 Å². The fraction of sp³-hybridized carbons (Fsp3) is 0.950. The van der Waals surface area contributed by atoms with Gasteiger partial charge in [0.1, 0.15) is 15.5 Å². The first-order valence-electron chi connectivity index (χ1n) is 36.3. The molecule has 0 bridgehead atoms. The second-order valence-corrected chi connectivity index (χ2v) is 35.2. The summed E-state index contributed by atoms with van der Waals surface area (Å²) in [6.45, 7) is 71.1. The van der Waals surface area contributed by atoms with Gasteiger partial charge in [-0.05, 0) is 164 Å². The maximum absolute atomic E-state index is 13.2. The van der Waals surface area contributed by atoms with Gasteiger partial charge in [-0.2, -0.15) is 11.8 Å². The van der Waals surface area contributed by atoms with Crippen LogP contribution in [0.3, 0.4) is 0 Å². The number of halogens is 1. The van der Waals surface area contributed by atoms with E-state index in [1.165, 1.54) is 121 Å². The molecule has 0 aromatic carbocycles. The number of thioether (sulfide) groups is 1. The van der Waals surface area contributed by atoms with Gasteiger partial charge >= 0.3 is 0 Å². The van der Waals surface area contributed by atoms with Crippen LogP contribution in [0.15, 0.2) is 12.7 Å². The number of methoxy groups -OCH3 is 1. The summed E-state index contributed by atoms with van der Waals surface area (Å²) < 4.78 is 39.1. The lowest BCUT2D eigenvalue weighted by atomic mass is 9.77. The van der Waals surface area contributed by atoms with Crippen LogP contribution in [0.2, 0.25) is 0 Å². The molecule has 0 aliphatic heterocycles. The number of allylic oxidation sites excluding steroid dienone is 1. The third-order valence-corrected chi connectivity index (χ3v) is 15.7. The lowest BCUT2D eigenvalue weighted by molar-refractivity contribution is 0.0406. The molecule has 0 amide bonds. The van der Waals surface area contributed by atoms with E-state index in [1.54, 1.807) is 7.11 Å². The minimum absolute atomic E-state index is 0.324. The van der Waals surface area contributed by atoms with Gasteiger partial charge in [0.05, 0.1) is 5.75 Å². The van der Waals surface area contributed by atoms with Crippen molar-refractivity contribution in [1.29, 1.82) is 0 Å². The molecule has 0 aromatic rings. The first-order chi connectivity index (χ1) is 39.4. The first-order valence-corrected chi connectivity index (χ1v) is 39.8. The maximum Gasteiger partial charge on any atom is 0.147 e. The Morgan fingerprint density at radius 1 is 0.593 bits per heavy atom. The minimum Gasteiger partial charge on any atom is -0.385 e. The SMILES string of the molecule is C#CCC(C)C.C=CCC(C)C.CC(C)C1CCC1.CC(C)CC(C)(C)C.CC(C)CC1(F)CCC1.CC(C)CC1CCC1.CC(C)CCS(C)(=O)=O.CCCC(C)C.CCCC(C)C.CCCCC(C)C.COCCC(C)C.CSCCC(C)C. The molecule has 0 unspecified atom stereocenters. The van der Waals surface area contributed by atoms with Crippen molar-refractivity contribution in [2.45, 2.75) is 367 Å². The number of alkyl halides is 1. The molecule has 0 spiro atoms. The molecule has 528 valence electrons. The van der Waals surface area contributed by atoms with Gasteiger partial charge < -0.3 is 4.74 Å². The highest BCUT2D eigenvalue weighted by Crippen LogP contribution is 2.40. The average Bonchev–Trinajstić information content (AvgIpc) is 3.29. The topological polar surface area (TPSA) is 43.4 Å². The molecule has 0 heterocycles. The van der Waals surface area contributed by atoms with Gasteiger partial charge in [0.2, 0.25) is 0 Å². The van der Waals surface area contributed by atoms with Gasteiger partial charge in [0, 0.05) is 26.4 Å². The van der Waals surface area contributed by atoms with Gasteiger partial charge in [-0.1, -0.05) is 297 Å². The molecule has 86 heavy (non-hydrogen) atoms.